The molecule has 6 nitrogen and oxygen atoms in total. The first kappa shape index (κ1) is 18.2. The predicted molar refractivity (Wildman–Crippen MR) is 92.6 cm³/mol. The number of rotatable bonds is 7. The highest BCUT2D eigenvalue weighted by Gasteiger charge is 2.18. The summed E-state index contributed by atoms with van der Waals surface area (Å²) in [6, 6.07) is 15.4. The molecule has 0 saturated carbocycles. The molecule has 0 saturated heterocycles. The molecule has 0 bridgehead atoms. The van der Waals surface area contributed by atoms with Gasteiger partial charge in [-0.1, -0.05) is 30.3 Å². The van der Waals surface area contributed by atoms with E-state index in [-0.39, 0.29) is 12.4 Å². The minimum atomic E-state index is -0.993. The number of hydrogen-bond donors (Lipinski definition) is 1. The first-order valence-electron chi connectivity index (χ1n) is 7.75. The first-order chi connectivity index (χ1) is 12.0. The van der Waals surface area contributed by atoms with Crippen molar-refractivity contribution < 1.29 is 23.9 Å². The van der Waals surface area contributed by atoms with Gasteiger partial charge in [0.25, 0.3) is 5.91 Å². The number of anilines is 1. The van der Waals surface area contributed by atoms with Crippen LogP contribution >= 0.6 is 0 Å². The fraction of sp³-hybridized carbons (Fsp3) is 0.211. The highest BCUT2D eigenvalue weighted by atomic mass is 16.6. The Balaban J connectivity index is 1.84. The van der Waals surface area contributed by atoms with Gasteiger partial charge in [-0.15, -0.1) is 0 Å². The van der Waals surface area contributed by atoms with Crippen LogP contribution in [0.15, 0.2) is 54.6 Å². The molecule has 0 heterocycles. The van der Waals surface area contributed by atoms with Crippen molar-refractivity contribution in [2.75, 3.05) is 11.9 Å². The zero-order chi connectivity index (χ0) is 18.2. The van der Waals surface area contributed by atoms with Gasteiger partial charge < -0.3 is 14.8 Å². The van der Waals surface area contributed by atoms with Crippen molar-refractivity contribution in [3.05, 3.63) is 60.2 Å². The van der Waals surface area contributed by atoms with E-state index in [1.165, 1.54) is 13.8 Å². The van der Waals surface area contributed by atoms with Crippen LogP contribution in [0.5, 0.6) is 5.75 Å². The molecule has 0 aliphatic rings. The van der Waals surface area contributed by atoms with E-state index in [1.54, 1.807) is 48.5 Å². The lowest BCUT2D eigenvalue weighted by molar-refractivity contribution is -0.155. The Morgan fingerprint density at radius 2 is 1.76 bits per heavy atom. The molecule has 2 rings (SSSR count). The van der Waals surface area contributed by atoms with E-state index in [0.717, 1.165) is 0 Å². The number of carbonyl (C=O) groups is 3. The van der Waals surface area contributed by atoms with Gasteiger partial charge in [0.15, 0.2) is 18.5 Å². The predicted octanol–water partition coefficient (Wildman–Crippen LogP) is 2.84. The van der Waals surface area contributed by atoms with E-state index in [9.17, 15) is 14.4 Å². The summed E-state index contributed by atoms with van der Waals surface area (Å²) < 4.78 is 10.3. The number of ether oxygens (including phenoxy) is 2. The van der Waals surface area contributed by atoms with E-state index >= 15 is 0 Å². The zero-order valence-electron chi connectivity index (χ0n) is 14.0. The van der Waals surface area contributed by atoms with Crippen LogP contribution in [0.2, 0.25) is 0 Å². The normalized spacial score (nSPS) is 11.3. The minimum absolute atomic E-state index is 0.103. The van der Waals surface area contributed by atoms with Crippen LogP contribution in [0.25, 0.3) is 0 Å². The van der Waals surface area contributed by atoms with Gasteiger partial charge in [0, 0.05) is 11.3 Å². The van der Waals surface area contributed by atoms with E-state index in [2.05, 4.69) is 5.32 Å². The highest BCUT2D eigenvalue weighted by Crippen LogP contribution is 2.12. The van der Waals surface area contributed by atoms with Gasteiger partial charge in [0.05, 0.1) is 0 Å². The Labute approximate surface area is 145 Å². The average Bonchev–Trinajstić information content (AvgIpc) is 2.61. The molecule has 1 amide bonds. The molecular formula is C19H19NO5. The monoisotopic (exact) mass is 341 g/mol. The number of nitrogens with one attached hydrogen (secondary N) is 1. The largest absolute Gasteiger partial charge is 0.482 e. The molecule has 0 aromatic heterocycles. The van der Waals surface area contributed by atoms with Gasteiger partial charge in [-0.3, -0.25) is 9.59 Å². The molecule has 25 heavy (non-hydrogen) atoms. The molecule has 0 spiro atoms. The van der Waals surface area contributed by atoms with Crippen molar-refractivity contribution in [3.63, 3.8) is 0 Å². The summed E-state index contributed by atoms with van der Waals surface area (Å²) in [5.74, 6) is -0.705. The van der Waals surface area contributed by atoms with E-state index in [4.69, 9.17) is 9.47 Å². The zero-order valence-corrected chi connectivity index (χ0v) is 14.0. The number of amides is 1. The summed E-state index contributed by atoms with van der Waals surface area (Å²) in [5.41, 5.74) is 0.944. The van der Waals surface area contributed by atoms with Gasteiger partial charge in [0.2, 0.25) is 0 Å². The molecule has 130 valence electrons. The van der Waals surface area contributed by atoms with Gasteiger partial charge in [0.1, 0.15) is 5.75 Å². The Morgan fingerprint density at radius 3 is 2.44 bits per heavy atom. The summed E-state index contributed by atoms with van der Waals surface area (Å²) >= 11 is 0. The lowest BCUT2D eigenvalue weighted by atomic mass is 10.1. The van der Waals surface area contributed by atoms with Crippen LogP contribution < -0.4 is 10.1 Å². The van der Waals surface area contributed by atoms with E-state index in [1.807, 2.05) is 6.07 Å². The molecule has 2 aromatic rings. The molecule has 0 aliphatic heterocycles. The average molecular weight is 341 g/mol. The minimum Gasteiger partial charge on any atom is -0.482 e. The number of carbonyl (C=O) groups excluding carboxylic acids is 3. The van der Waals surface area contributed by atoms with Crippen LogP contribution in [0, 0.1) is 0 Å². The lowest BCUT2D eigenvalue weighted by Crippen LogP contribution is -2.31. The van der Waals surface area contributed by atoms with Gasteiger partial charge in [-0.25, -0.2) is 4.79 Å². The summed E-state index contributed by atoms with van der Waals surface area (Å²) in [4.78, 5) is 35.2. The first-order valence-corrected chi connectivity index (χ1v) is 7.75. The van der Waals surface area contributed by atoms with Crippen molar-refractivity contribution in [1.82, 2.24) is 0 Å². The van der Waals surface area contributed by atoms with Crippen LogP contribution in [-0.2, 0) is 14.3 Å². The van der Waals surface area contributed by atoms with E-state index in [0.29, 0.717) is 17.0 Å². The smallest absolute Gasteiger partial charge is 0.344 e. The van der Waals surface area contributed by atoms with Crippen molar-refractivity contribution in [2.24, 2.45) is 0 Å². The molecule has 0 fully saturated rings. The fourth-order valence-corrected chi connectivity index (χ4v) is 2.00. The SMILES string of the molecule is CC(=O)c1cccc(NC(=O)[C@H](C)OC(=O)COc2ccccc2)c1. The molecule has 2 aromatic carbocycles. The Morgan fingerprint density at radius 1 is 1.04 bits per heavy atom. The number of Topliss-reactive ketones (excluding diaryl/α,β-unsaturated/α-hetero) is 1. The molecular weight excluding hydrogens is 322 g/mol. The Hall–Kier alpha value is -3.15. The van der Waals surface area contributed by atoms with Crippen molar-refractivity contribution >= 4 is 23.3 Å². The number of para-hydroxylation sites is 1. The third-order valence-electron chi connectivity index (χ3n) is 3.31. The Bertz CT molecular complexity index is 757. The second kappa shape index (κ2) is 8.63. The maximum Gasteiger partial charge on any atom is 0.344 e. The van der Waals surface area contributed by atoms with Crippen LogP contribution in [-0.4, -0.2) is 30.4 Å². The van der Waals surface area contributed by atoms with Crippen LogP contribution in [0.1, 0.15) is 24.2 Å². The molecule has 0 unspecified atom stereocenters. The quantitative estimate of drug-likeness (QED) is 0.618. The molecule has 1 N–H and O–H groups in total. The molecule has 0 radical (unpaired) electrons. The summed E-state index contributed by atoms with van der Waals surface area (Å²) in [7, 11) is 0. The van der Waals surface area contributed by atoms with Gasteiger partial charge in [-0.05, 0) is 38.1 Å². The highest BCUT2D eigenvalue weighted by molar-refractivity contribution is 5.98. The van der Waals surface area contributed by atoms with Gasteiger partial charge in [-0.2, -0.15) is 0 Å². The van der Waals surface area contributed by atoms with Crippen LogP contribution in [0.3, 0.4) is 0 Å². The summed E-state index contributed by atoms with van der Waals surface area (Å²) in [6.07, 6.45) is -0.993. The van der Waals surface area contributed by atoms with Crippen molar-refractivity contribution in [2.45, 2.75) is 20.0 Å². The lowest BCUT2D eigenvalue weighted by Gasteiger charge is -2.14. The van der Waals surface area contributed by atoms with E-state index < -0.39 is 18.0 Å². The van der Waals surface area contributed by atoms with Crippen LogP contribution in [0.4, 0.5) is 5.69 Å². The van der Waals surface area contributed by atoms with Gasteiger partial charge >= 0.3 is 5.97 Å². The molecule has 0 aliphatic carbocycles. The van der Waals surface area contributed by atoms with Crippen molar-refractivity contribution in [3.8, 4) is 5.75 Å². The van der Waals surface area contributed by atoms with Crippen molar-refractivity contribution in [1.29, 1.82) is 0 Å². The third-order valence-corrected chi connectivity index (χ3v) is 3.31. The second-order valence-electron chi connectivity index (χ2n) is 5.36. The number of hydrogen-bond acceptors (Lipinski definition) is 5. The second-order valence-corrected chi connectivity index (χ2v) is 5.36. The molecule has 6 heteroatoms. The fourth-order valence-electron chi connectivity index (χ4n) is 2.00. The standard InChI is InChI=1S/C19H19NO5/c1-13(21)15-7-6-8-16(11-15)20-19(23)14(2)25-18(22)12-24-17-9-4-3-5-10-17/h3-11,14H,12H2,1-2H3,(H,20,23)/t14-/m0/s1. The maximum absolute atomic E-state index is 12.1. The number of ketones is 1. The molecule has 1 atom stereocenters. The summed E-state index contributed by atoms with van der Waals surface area (Å²) in [6.45, 7) is 2.62. The number of benzene rings is 2. The summed E-state index contributed by atoms with van der Waals surface area (Å²) in [5, 5.41) is 2.61. The maximum atomic E-state index is 12.1. The topological polar surface area (TPSA) is 81.7 Å². The third kappa shape index (κ3) is 5.76. The Kier molecular flexibility index (Phi) is 6.28. The number of esters is 1.